The maximum atomic E-state index is 12.5. The molecule has 2 heterocycles. The summed E-state index contributed by atoms with van der Waals surface area (Å²) in [6, 6.07) is 5.34. The molecule has 1 aromatic carbocycles. The highest BCUT2D eigenvalue weighted by molar-refractivity contribution is 7.90. The molecule has 1 saturated heterocycles. The fourth-order valence-electron chi connectivity index (χ4n) is 2.59. The van der Waals surface area contributed by atoms with Crippen molar-refractivity contribution in [1.82, 2.24) is 10.0 Å². The zero-order chi connectivity index (χ0) is 14.9. The number of nitrogens with one attached hydrogen (secondary N) is 2. The number of benzene rings is 1. The third-order valence-electron chi connectivity index (χ3n) is 3.75. The third-order valence-corrected chi connectivity index (χ3v) is 6.56. The molecular formula is C14H17ClN2O2S2. The van der Waals surface area contributed by atoms with E-state index in [4.69, 9.17) is 11.6 Å². The van der Waals surface area contributed by atoms with Gasteiger partial charge in [-0.05, 0) is 50.0 Å². The van der Waals surface area contributed by atoms with Crippen LogP contribution in [0.5, 0.6) is 0 Å². The molecule has 1 aliphatic heterocycles. The number of fused-ring (bicyclic) bond motifs is 1. The molecule has 2 N–H and O–H groups in total. The summed E-state index contributed by atoms with van der Waals surface area (Å²) in [5.74, 6) is 0.363. The van der Waals surface area contributed by atoms with Gasteiger partial charge in [0.25, 0.3) is 0 Å². The third kappa shape index (κ3) is 3.40. The number of thiophene rings is 1. The summed E-state index contributed by atoms with van der Waals surface area (Å²) in [6.45, 7) is 2.38. The van der Waals surface area contributed by atoms with Gasteiger partial charge in [0.15, 0.2) is 0 Å². The van der Waals surface area contributed by atoms with Crippen LogP contribution in [0.1, 0.15) is 12.8 Å². The van der Waals surface area contributed by atoms with Crippen LogP contribution in [0.25, 0.3) is 10.1 Å². The van der Waals surface area contributed by atoms with E-state index < -0.39 is 10.0 Å². The predicted octanol–water partition coefficient (Wildman–Crippen LogP) is 2.83. The molecule has 0 bridgehead atoms. The summed E-state index contributed by atoms with van der Waals surface area (Å²) >= 11 is 7.40. The van der Waals surface area contributed by atoms with Gasteiger partial charge in [-0.15, -0.1) is 11.3 Å². The van der Waals surface area contributed by atoms with E-state index in [0.717, 1.165) is 30.6 Å². The SMILES string of the molecule is O=S(=O)(NCC1CCCNC1)c1csc2ccc(Cl)cc12. The first-order valence-electron chi connectivity index (χ1n) is 6.93. The van der Waals surface area contributed by atoms with Gasteiger partial charge in [-0.2, -0.15) is 0 Å². The van der Waals surface area contributed by atoms with Crippen LogP contribution in [0.4, 0.5) is 0 Å². The van der Waals surface area contributed by atoms with E-state index in [1.165, 1.54) is 11.3 Å². The molecule has 0 spiro atoms. The van der Waals surface area contributed by atoms with Crippen LogP contribution in [0.3, 0.4) is 0 Å². The summed E-state index contributed by atoms with van der Waals surface area (Å²) < 4.78 is 28.7. The Kier molecular flexibility index (Phi) is 4.51. The Morgan fingerprint density at radius 3 is 3.05 bits per heavy atom. The number of rotatable bonds is 4. The normalized spacial score (nSPS) is 20.0. The minimum absolute atomic E-state index is 0.328. The van der Waals surface area contributed by atoms with E-state index in [0.29, 0.717) is 27.8 Å². The Morgan fingerprint density at radius 2 is 2.29 bits per heavy atom. The Morgan fingerprint density at radius 1 is 1.43 bits per heavy atom. The van der Waals surface area contributed by atoms with E-state index in [1.807, 2.05) is 6.07 Å². The lowest BCUT2D eigenvalue weighted by molar-refractivity contribution is 0.376. The molecule has 21 heavy (non-hydrogen) atoms. The lowest BCUT2D eigenvalue weighted by Gasteiger charge is -2.22. The maximum absolute atomic E-state index is 12.5. The molecule has 1 aliphatic rings. The first-order valence-corrected chi connectivity index (χ1v) is 9.67. The molecule has 0 radical (unpaired) electrons. The second-order valence-electron chi connectivity index (χ2n) is 5.30. The maximum Gasteiger partial charge on any atom is 0.242 e. The van der Waals surface area contributed by atoms with Crippen LogP contribution in [-0.4, -0.2) is 28.1 Å². The zero-order valence-electron chi connectivity index (χ0n) is 11.4. The number of halogens is 1. The number of hydrogen-bond acceptors (Lipinski definition) is 4. The molecule has 114 valence electrons. The highest BCUT2D eigenvalue weighted by Gasteiger charge is 2.21. The topological polar surface area (TPSA) is 58.2 Å². The largest absolute Gasteiger partial charge is 0.316 e. The standard InChI is InChI=1S/C14H17ClN2O2S2/c15-11-3-4-13-12(6-11)14(9-20-13)21(18,19)17-8-10-2-1-5-16-7-10/h3-4,6,9-10,16-17H,1-2,5,7-8H2. The average Bonchev–Trinajstić information content (AvgIpc) is 2.90. The Bertz CT molecular complexity index is 737. The highest BCUT2D eigenvalue weighted by Crippen LogP contribution is 2.31. The molecule has 3 rings (SSSR count). The summed E-state index contributed by atoms with van der Waals surface area (Å²) in [4.78, 5) is 0.328. The summed E-state index contributed by atoms with van der Waals surface area (Å²) in [5, 5.41) is 6.22. The molecule has 7 heteroatoms. The fourth-order valence-corrected chi connectivity index (χ4v) is 5.35. The molecule has 0 saturated carbocycles. The lowest BCUT2D eigenvalue weighted by atomic mass is 10.0. The van der Waals surface area contributed by atoms with Crippen LogP contribution >= 0.6 is 22.9 Å². The summed E-state index contributed by atoms with van der Waals surface area (Å²) in [5.41, 5.74) is 0. The van der Waals surface area contributed by atoms with Gasteiger partial charge in [0, 0.05) is 27.0 Å². The van der Waals surface area contributed by atoms with Gasteiger partial charge in [-0.3, -0.25) is 0 Å². The molecule has 1 aromatic heterocycles. The molecule has 0 amide bonds. The minimum atomic E-state index is -3.49. The van der Waals surface area contributed by atoms with Crippen molar-refractivity contribution in [2.45, 2.75) is 17.7 Å². The smallest absolute Gasteiger partial charge is 0.242 e. The minimum Gasteiger partial charge on any atom is -0.316 e. The Balaban J connectivity index is 1.81. The van der Waals surface area contributed by atoms with Crippen molar-refractivity contribution in [1.29, 1.82) is 0 Å². The summed E-state index contributed by atoms with van der Waals surface area (Å²) in [6.07, 6.45) is 2.16. The highest BCUT2D eigenvalue weighted by atomic mass is 35.5. The number of hydrogen-bond donors (Lipinski definition) is 2. The van der Waals surface area contributed by atoms with E-state index in [9.17, 15) is 8.42 Å². The number of piperidine rings is 1. The van der Waals surface area contributed by atoms with Crippen molar-refractivity contribution in [3.8, 4) is 0 Å². The molecule has 1 atom stereocenters. The van der Waals surface area contributed by atoms with Crippen molar-refractivity contribution in [2.24, 2.45) is 5.92 Å². The van der Waals surface area contributed by atoms with E-state index >= 15 is 0 Å². The first kappa shape index (κ1) is 15.2. The van der Waals surface area contributed by atoms with Crippen LogP contribution in [0.15, 0.2) is 28.5 Å². The molecular weight excluding hydrogens is 328 g/mol. The van der Waals surface area contributed by atoms with Crippen molar-refractivity contribution in [2.75, 3.05) is 19.6 Å². The van der Waals surface area contributed by atoms with Gasteiger partial charge >= 0.3 is 0 Å². The monoisotopic (exact) mass is 344 g/mol. The lowest BCUT2D eigenvalue weighted by Crippen LogP contribution is -2.38. The van der Waals surface area contributed by atoms with Crippen molar-refractivity contribution in [3.63, 3.8) is 0 Å². The molecule has 1 fully saturated rings. The van der Waals surface area contributed by atoms with Crippen LogP contribution in [-0.2, 0) is 10.0 Å². The van der Waals surface area contributed by atoms with Crippen LogP contribution in [0.2, 0.25) is 5.02 Å². The van der Waals surface area contributed by atoms with E-state index in [2.05, 4.69) is 10.0 Å². The second-order valence-corrected chi connectivity index (χ2v) is 8.39. The number of sulfonamides is 1. The quantitative estimate of drug-likeness (QED) is 0.896. The van der Waals surface area contributed by atoms with Gasteiger partial charge in [0.2, 0.25) is 10.0 Å². The molecule has 1 unspecified atom stereocenters. The van der Waals surface area contributed by atoms with E-state index in [1.54, 1.807) is 17.5 Å². The van der Waals surface area contributed by atoms with Gasteiger partial charge in [-0.25, -0.2) is 13.1 Å². The second kappa shape index (κ2) is 6.22. The van der Waals surface area contributed by atoms with Crippen molar-refractivity contribution >= 4 is 43.0 Å². The zero-order valence-corrected chi connectivity index (χ0v) is 13.8. The molecule has 2 aromatic rings. The van der Waals surface area contributed by atoms with E-state index in [-0.39, 0.29) is 0 Å². The Hall–Kier alpha value is -0.660. The van der Waals surface area contributed by atoms with Gasteiger partial charge in [0.05, 0.1) is 0 Å². The van der Waals surface area contributed by atoms with Crippen molar-refractivity contribution < 1.29 is 8.42 Å². The Labute approximate surface area is 133 Å². The van der Waals surface area contributed by atoms with Crippen LogP contribution in [0, 0.1) is 5.92 Å². The molecule has 0 aliphatic carbocycles. The summed E-state index contributed by atoms with van der Waals surface area (Å²) in [7, 11) is -3.49. The van der Waals surface area contributed by atoms with Gasteiger partial charge < -0.3 is 5.32 Å². The first-order chi connectivity index (χ1) is 10.1. The van der Waals surface area contributed by atoms with Crippen LogP contribution < -0.4 is 10.0 Å². The van der Waals surface area contributed by atoms with Gasteiger partial charge in [-0.1, -0.05) is 11.6 Å². The average molecular weight is 345 g/mol. The van der Waals surface area contributed by atoms with Gasteiger partial charge in [0.1, 0.15) is 4.90 Å². The predicted molar refractivity (Wildman–Crippen MR) is 87.6 cm³/mol. The fraction of sp³-hybridized carbons (Fsp3) is 0.429. The van der Waals surface area contributed by atoms with Crippen molar-refractivity contribution in [3.05, 3.63) is 28.6 Å². The molecule has 4 nitrogen and oxygen atoms in total.